The normalized spacial score (nSPS) is 13.9. The molecule has 2 aromatic carbocycles. The van der Waals surface area contributed by atoms with Crippen LogP contribution in [0.1, 0.15) is 40.2 Å². The van der Waals surface area contributed by atoms with Crippen molar-refractivity contribution in [1.82, 2.24) is 20.4 Å². The van der Waals surface area contributed by atoms with Gasteiger partial charge in [0.25, 0.3) is 11.7 Å². The number of aryl methyl sites for hydroxylation is 1. The number of ketones is 1. The van der Waals surface area contributed by atoms with Gasteiger partial charge in [-0.05, 0) is 44.4 Å². The van der Waals surface area contributed by atoms with Gasteiger partial charge in [0.1, 0.15) is 6.04 Å². The molecule has 0 aliphatic heterocycles. The van der Waals surface area contributed by atoms with Crippen LogP contribution in [0, 0.1) is 13.8 Å². The maximum absolute atomic E-state index is 13.1. The summed E-state index contributed by atoms with van der Waals surface area (Å²) in [5.41, 5.74) is 3.01. The van der Waals surface area contributed by atoms with Crippen molar-refractivity contribution in [3.63, 3.8) is 0 Å². The Morgan fingerprint density at radius 2 is 1.62 bits per heavy atom. The summed E-state index contributed by atoms with van der Waals surface area (Å²) in [6, 6.07) is 18.2. The number of Topliss-reactive ketones (excluding diaryl/α,β-unsaturated/α-hetero) is 1. The number of nitrogens with zero attached hydrogens (tertiary/aromatic N) is 2. The summed E-state index contributed by atoms with van der Waals surface area (Å²) >= 11 is 0. The molecule has 1 aliphatic rings. The van der Waals surface area contributed by atoms with Crippen molar-refractivity contribution >= 4 is 17.6 Å². The predicted molar refractivity (Wildman–Crippen MR) is 121 cm³/mol. The molecule has 2 amide bonds. The number of carbonyl (C=O) groups is 3. The molecule has 7 nitrogen and oxygen atoms in total. The molecule has 0 spiro atoms. The Balaban J connectivity index is 1.54. The molecule has 0 bridgehead atoms. The molecule has 1 saturated carbocycles. The summed E-state index contributed by atoms with van der Waals surface area (Å²) in [6.07, 6.45) is 2.18. The SMILES string of the molecule is Cc1nn(-c2ccccc2)c(C)c1C(=O)C(=O)NC(Cc1ccccc1)C(=O)NC1CC1. The number of hydrogen-bond acceptors (Lipinski definition) is 4. The Kier molecular flexibility index (Phi) is 6.16. The first-order valence-electron chi connectivity index (χ1n) is 10.7. The van der Waals surface area contributed by atoms with Gasteiger partial charge in [0.15, 0.2) is 0 Å². The van der Waals surface area contributed by atoms with E-state index in [4.69, 9.17) is 0 Å². The first-order valence-corrected chi connectivity index (χ1v) is 10.7. The zero-order valence-electron chi connectivity index (χ0n) is 18.2. The molecular formula is C25H26N4O3. The molecule has 1 atom stereocenters. The Labute approximate surface area is 186 Å². The van der Waals surface area contributed by atoms with Gasteiger partial charge < -0.3 is 10.6 Å². The molecule has 4 rings (SSSR count). The third-order valence-electron chi connectivity index (χ3n) is 5.55. The van der Waals surface area contributed by atoms with Crippen LogP contribution < -0.4 is 10.6 Å². The molecule has 1 unspecified atom stereocenters. The van der Waals surface area contributed by atoms with Crippen molar-refractivity contribution in [2.24, 2.45) is 0 Å². The summed E-state index contributed by atoms with van der Waals surface area (Å²) in [7, 11) is 0. The number of rotatable bonds is 8. The maximum Gasteiger partial charge on any atom is 0.293 e. The van der Waals surface area contributed by atoms with Crippen LogP contribution in [0.4, 0.5) is 0 Å². The van der Waals surface area contributed by atoms with Gasteiger partial charge in [-0.2, -0.15) is 5.10 Å². The van der Waals surface area contributed by atoms with Crippen LogP contribution in [0.15, 0.2) is 60.7 Å². The quantitative estimate of drug-likeness (QED) is 0.424. The first kappa shape index (κ1) is 21.5. The summed E-state index contributed by atoms with van der Waals surface area (Å²) in [4.78, 5) is 38.8. The average molecular weight is 431 g/mol. The molecule has 3 aromatic rings. The topological polar surface area (TPSA) is 93.1 Å². The van der Waals surface area contributed by atoms with Crippen LogP contribution in [-0.2, 0) is 16.0 Å². The van der Waals surface area contributed by atoms with Gasteiger partial charge >= 0.3 is 0 Å². The smallest absolute Gasteiger partial charge is 0.293 e. The van der Waals surface area contributed by atoms with E-state index in [9.17, 15) is 14.4 Å². The summed E-state index contributed by atoms with van der Waals surface area (Å²) in [5.74, 6) is -1.78. The standard InChI is InChI=1S/C25H26N4O3/c1-16-22(17(2)29(28-16)20-11-7-4-8-12-20)23(30)25(32)27-21(24(31)26-19-13-14-19)15-18-9-5-3-6-10-18/h3-12,19,21H,13-15H2,1-2H3,(H,26,31)(H,27,32). The van der Waals surface area contributed by atoms with Crippen LogP contribution >= 0.6 is 0 Å². The third kappa shape index (κ3) is 4.77. The lowest BCUT2D eigenvalue weighted by atomic mass is 10.0. The van der Waals surface area contributed by atoms with Gasteiger partial charge in [-0.15, -0.1) is 0 Å². The Hall–Kier alpha value is -3.74. The van der Waals surface area contributed by atoms with Crippen molar-refractivity contribution < 1.29 is 14.4 Å². The number of benzene rings is 2. The van der Waals surface area contributed by atoms with Crippen molar-refractivity contribution in [2.45, 2.75) is 45.2 Å². The average Bonchev–Trinajstić information content (AvgIpc) is 3.56. The highest BCUT2D eigenvalue weighted by Gasteiger charge is 2.31. The van der Waals surface area contributed by atoms with Gasteiger partial charge in [0.2, 0.25) is 5.91 Å². The van der Waals surface area contributed by atoms with E-state index in [-0.39, 0.29) is 17.5 Å². The number of hydrogen-bond donors (Lipinski definition) is 2. The zero-order chi connectivity index (χ0) is 22.7. The Bertz CT molecular complexity index is 1130. The minimum atomic E-state index is -0.834. The highest BCUT2D eigenvalue weighted by molar-refractivity contribution is 6.43. The molecule has 0 saturated heterocycles. The second-order valence-corrected chi connectivity index (χ2v) is 8.12. The van der Waals surface area contributed by atoms with Crippen LogP contribution in [-0.4, -0.2) is 39.5 Å². The van der Waals surface area contributed by atoms with E-state index in [0.29, 0.717) is 17.8 Å². The molecule has 0 radical (unpaired) electrons. The van der Waals surface area contributed by atoms with Crippen LogP contribution in [0.5, 0.6) is 0 Å². The van der Waals surface area contributed by atoms with E-state index in [1.54, 1.807) is 18.5 Å². The fraction of sp³-hybridized carbons (Fsp3) is 0.280. The molecule has 1 aliphatic carbocycles. The zero-order valence-corrected chi connectivity index (χ0v) is 18.2. The maximum atomic E-state index is 13.1. The van der Waals surface area contributed by atoms with Gasteiger partial charge in [0.05, 0.1) is 22.6 Å². The molecular weight excluding hydrogens is 404 g/mol. The third-order valence-corrected chi connectivity index (χ3v) is 5.55. The van der Waals surface area contributed by atoms with E-state index in [1.165, 1.54) is 0 Å². The van der Waals surface area contributed by atoms with Gasteiger partial charge in [-0.3, -0.25) is 14.4 Å². The highest BCUT2D eigenvalue weighted by atomic mass is 16.2. The van der Waals surface area contributed by atoms with Crippen molar-refractivity contribution in [1.29, 1.82) is 0 Å². The molecule has 1 fully saturated rings. The fourth-order valence-corrected chi connectivity index (χ4v) is 3.72. The van der Waals surface area contributed by atoms with E-state index < -0.39 is 17.7 Å². The van der Waals surface area contributed by atoms with Gasteiger partial charge in [0, 0.05) is 12.5 Å². The lowest BCUT2D eigenvalue weighted by Gasteiger charge is -2.18. The molecule has 1 heterocycles. The van der Waals surface area contributed by atoms with Crippen molar-refractivity contribution in [3.8, 4) is 5.69 Å². The lowest BCUT2D eigenvalue weighted by Crippen LogP contribution is -2.50. The van der Waals surface area contributed by atoms with E-state index >= 15 is 0 Å². The largest absolute Gasteiger partial charge is 0.352 e. The number of amides is 2. The van der Waals surface area contributed by atoms with Crippen molar-refractivity contribution in [3.05, 3.63) is 83.2 Å². The number of aromatic nitrogens is 2. The van der Waals surface area contributed by atoms with E-state index in [2.05, 4.69) is 15.7 Å². The number of nitrogens with one attached hydrogen (secondary N) is 2. The second-order valence-electron chi connectivity index (χ2n) is 8.12. The monoisotopic (exact) mass is 430 g/mol. The molecule has 7 heteroatoms. The van der Waals surface area contributed by atoms with Gasteiger partial charge in [-0.25, -0.2) is 4.68 Å². The summed E-state index contributed by atoms with van der Waals surface area (Å²) in [6.45, 7) is 3.46. The lowest BCUT2D eigenvalue weighted by molar-refractivity contribution is -0.127. The van der Waals surface area contributed by atoms with Crippen LogP contribution in [0.3, 0.4) is 0 Å². The first-order chi connectivity index (χ1) is 15.4. The summed E-state index contributed by atoms with van der Waals surface area (Å²) in [5, 5.41) is 10.0. The highest BCUT2D eigenvalue weighted by Crippen LogP contribution is 2.20. The predicted octanol–water partition coefficient (Wildman–Crippen LogP) is 2.68. The number of para-hydroxylation sites is 1. The van der Waals surface area contributed by atoms with Gasteiger partial charge in [-0.1, -0.05) is 48.5 Å². The van der Waals surface area contributed by atoms with Crippen molar-refractivity contribution in [2.75, 3.05) is 0 Å². The van der Waals surface area contributed by atoms with E-state index in [1.807, 2.05) is 60.7 Å². The molecule has 164 valence electrons. The van der Waals surface area contributed by atoms with Crippen LogP contribution in [0.2, 0.25) is 0 Å². The minimum absolute atomic E-state index is 0.155. The Morgan fingerprint density at radius 3 is 2.25 bits per heavy atom. The molecule has 32 heavy (non-hydrogen) atoms. The van der Waals surface area contributed by atoms with E-state index in [0.717, 1.165) is 24.1 Å². The number of carbonyl (C=O) groups excluding carboxylic acids is 3. The van der Waals surface area contributed by atoms with Crippen LogP contribution in [0.25, 0.3) is 5.69 Å². The second kappa shape index (κ2) is 9.18. The summed E-state index contributed by atoms with van der Waals surface area (Å²) < 4.78 is 1.65. The minimum Gasteiger partial charge on any atom is -0.352 e. The Morgan fingerprint density at radius 1 is 1.00 bits per heavy atom. The fourth-order valence-electron chi connectivity index (χ4n) is 3.72. The molecule has 1 aromatic heterocycles. The molecule has 2 N–H and O–H groups in total.